The van der Waals surface area contributed by atoms with Crippen molar-refractivity contribution in [2.24, 2.45) is 0 Å². The molecule has 2 aromatic carbocycles. The number of nitrogens with one attached hydrogen (secondary N) is 2. The van der Waals surface area contributed by atoms with Gasteiger partial charge in [0.25, 0.3) is 5.69 Å². The zero-order chi connectivity index (χ0) is 15.4. The van der Waals surface area contributed by atoms with Crippen LogP contribution in [0, 0.1) is 17.0 Å². The minimum absolute atomic E-state index is 0.0375. The van der Waals surface area contributed by atoms with Gasteiger partial charge in [0.1, 0.15) is 5.69 Å². The van der Waals surface area contributed by atoms with Crippen molar-refractivity contribution in [1.82, 2.24) is 0 Å². The van der Waals surface area contributed by atoms with E-state index >= 15 is 0 Å². The van der Waals surface area contributed by atoms with E-state index in [0.29, 0.717) is 10.7 Å². The highest BCUT2D eigenvalue weighted by Gasteiger charge is 2.13. The third-order valence-electron chi connectivity index (χ3n) is 2.80. The molecule has 0 unspecified atom stereocenters. The zero-order valence-corrected chi connectivity index (χ0v) is 12.7. The van der Waals surface area contributed by atoms with Crippen molar-refractivity contribution >= 4 is 46.0 Å². The summed E-state index contributed by atoms with van der Waals surface area (Å²) in [6, 6.07) is 11.7. The number of hydrogen-bond donors (Lipinski definition) is 2. The van der Waals surface area contributed by atoms with E-state index in [1.54, 1.807) is 30.3 Å². The molecule has 0 heterocycles. The lowest BCUT2D eigenvalue weighted by molar-refractivity contribution is -0.383. The van der Waals surface area contributed by atoms with E-state index in [1.165, 1.54) is 6.07 Å². The van der Waals surface area contributed by atoms with Crippen molar-refractivity contribution in [2.45, 2.75) is 6.92 Å². The summed E-state index contributed by atoms with van der Waals surface area (Å²) in [6.07, 6.45) is 0. The Morgan fingerprint density at radius 2 is 1.86 bits per heavy atom. The third kappa shape index (κ3) is 3.90. The van der Waals surface area contributed by atoms with E-state index in [2.05, 4.69) is 10.6 Å². The van der Waals surface area contributed by atoms with E-state index < -0.39 is 4.92 Å². The van der Waals surface area contributed by atoms with Gasteiger partial charge >= 0.3 is 0 Å². The first kappa shape index (κ1) is 15.2. The SMILES string of the molecule is Cc1ccc(Cl)cc1NC(=S)Nc1ccccc1[N+](=O)[O-]. The minimum Gasteiger partial charge on any atom is -0.332 e. The molecule has 0 spiro atoms. The molecule has 0 bridgehead atoms. The van der Waals surface area contributed by atoms with Gasteiger partial charge in [0.15, 0.2) is 5.11 Å². The topological polar surface area (TPSA) is 67.2 Å². The Kier molecular flexibility index (Phi) is 4.72. The molecular formula is C14H12ClN3O2S. The normalized spacial score (nSPS) is 10.0. The highest BCUT2D eigenvalue weighted by molar-refractivity contribution is 7.80. The lowest BCUT2D eigenvalue weighted by Crippen LogP contribution is -2.20. The molecule has 2 aromatic rings. The van der Waals surface area contributed by atoms with Crippen LogP contribution in [0.25, 0.3) is 0 Å². The van der Waals surface area contributed by atoms with Crippen LogP contribution in [-0.4, -0.2) is 10.0 Å². The van der Waals surface area contributed by atoms with Gasteiger partial charge in [-0.15, -0.1) is 0 Å². The second kappa shape index (κ2) is 6.51. The Labute approximate surface area is 132 Å². The number of thiocarbonyl (C=S) groups is 1. The third-order valence-corrected chi connectivity index (χ3v) is 3.24. The summed E-state index contributed by atoms with van der Waals surface area (Å²) in [5.74, 6) is 0. The van der Waals surface area contributed by atoms with Crippen LogP contribution in [0.3, 0.4) is 0 Å². The first-order valence-electron chi connectivity index (χ1n) is 6.05. The lowest BCUT2D eigenvalue weighted by atomic mass is 10.2. The molecule has 0 aromatic heterocycles. The number of benzene rings is 2. The molecule has 2 rings (SSSR count). The van der Waals surface area contributed by atoms with Crippen LogP contribution in [0.1, 0.15) is 5.56 Å². The number of nitrogens with zero attached hydrogens (tertiary/aromatic N) is 1. The molecule has 5 nitrogen and oxygen atoms in total. The fraction of sp³-hybridized carbons (Fsp3) is 0.0714. The number of nitro groups is 1. The molecule has 0 saturated carbocycles. The van der Waals surface area contributed by atoms with Gasteiger partial charge in [0.2, 0.25) is 0 Å². The maximum absolute atomic E-state index is 10.9. The van der Waals surface area contributed by atoms with Crippen molar-refractivity contribution in [3.63, 3.8) is 0 Å². The predicted octanol–water partition coefficient (Wildman–Crippen LogP) is 4.37. The summed E-state index contributed by atoms with van der Waals surface area (Å²) >= 11 is 11.1. The van der Waals surface area contributed by atoms with Gasteiger partial charge in [0.05, 0.1) is 4.92 Å². The maximum atomic E-state index is 10.9. The standard InChI is InChI=1S/C14H12ClN3O2S/c1-9-6-7-10(15)8-12(9)17-14(21)16-11-4-2-3-5-13(11)18(19)20/h2-8H,1H3,(H2,16,17,21). The van der Waals surface area contributed by atoms with E-state index in [1.807, 2.05) is 13.0 Å². The van der Waals surface area contributed by atoms with Gasteiger partial charge in [-0.25, -0.2) is 0 Å². The van der Waals surface area contributed by atoms with E-state index in [9.17, 15) is 10.1 Å². The van der Waals surface area contributed by atoms with Crippen LogP contribution < -0.4 is 10.6 Å². The molecule has 0 fully saturated rings. The van der Waals surface area contributed by atoms with Crippen molar-refractivity contribution < 1.29 is 4.92 Å². The molecule has 108 valence electrons. The Bertz CT molecular complexity index is 706. The fourth-order valence-corrected chi connectivity index (χ4v) is 2.14. The summed E-state index contributed by atoms with van der Waals surface area (Å²) in [5.41, 5.74) is 2.01. The number of aryl methyl sites for hydroxylation is 1. The Balaban J connectivity index is 2.16. The fourth-order valence-electron chi connectivity index (χ4n) is 1.74. The molecular weight excluding hydrogens is 310 g/mol. The summed E-state index contributed by atoms with van der Waals surface area (Å²) in [5, 5.41) is 17.6. The summed E-state index contributed by atoms with van der Waals surface area (Å²) in [6.45, 7) is 1.91. The van der Waals surface area contributed by atoms with Gasteiger partial charge in [-0.2, -0.15) is 0 Å². The average molecular weight is 322 g/mol. The first-order valence-corrected chi connectivity index (χ1v) is 6.83. The predicted molar refractivity (Wildman–Crippen MR) is 89.1 cm³/mol. The van der Waals surface area contributed by atoms with Crippen molar-refractivity contribution in [1.29, 1.82) is 0 Å². The van der Waals surface area contributed by atoms with Crippen LogP contribution in [0.15, 0.2) is 42.5 Å². The molecule has 0 aliphatic rings. The van der Waals surface area contributed by atoms with Gasteiger partial charge in [-0.05, 0) is 42.9 Å². The smallest absolute Gasteiger partial charge is 0.292 e. The van der Waals surface area contributed by atoms with Crippen LogP contribution in [0.5, 0.6) is 0 Å². The number of halogens is 1. The second-order valence-electron chi connectivity index (χ2n) is 4.31. The number of rotatable bonds is 3. The van der Waals surface area contributed by atoms with Crippen LogP contribution in [-0.2, 0) is 0 Å². The molecule has 0 amide bonds. The maximum Gasteiger partial charge on any atom is 0.292 e. The van der Waals surface area contributed by atoms with Crippen molar-refractivity contribution in [3.8, 4) is 0 Å². The van der Waals surface area contributed by atoms with Crippen LogP contribution in [0.2, 0.25) is 5.02 Å². The Morgan fingerprint density at radius 3 is 2.57 bits per heavy atom. The minimum atomic E-state index is -0.463. The largest absolute Gasteiger partial charge is 0.332 e. The molecule has 0 atom stereocenters. The van der Waals surface area contributed by atoms with Crippen LogP contribution in [0.4, 0.5) is 17.1 Å². The lowest BCUT2D eigenvalue weighted by Gasteiger charge is -2.12. The van der Waals surface area contributed by atoms with E-state index in [4.69, 9.17) is 23.8 Å². The molecule has 0 radical (unpaired) electrons. The van der Waals surface area contributed by atoms with Gasteiger partial charge in [-0.1, -0.05) is 29.8 Å². The quantitative estimate of drug-likeness (QED) is 0.499. The van der Waals surface area contributed by atoms with Crippen molar-refractivity contribution in [3.05, 3.63) is 63.2 Å². The number of hydrogen-bond acceptors (Lipinski definition) is 3. The number of nitro benzene ring substituents is 1. The monoisotopic (exact) mass is 321 g/mol. The molecule has 21 heavy (non-hydrogen) atoms. The molecule has 0 aliphatic carbocycles. The van der Waals surface area contributed by atoms with Gasteiger partial charge in [0, 0.05) is 16.8 Å². The first-order chi connectivity index (χ1) is 9.97. The number of para-hydroxylation sites is 2. The summed E-state index contributed by atoms with van der Waals surface area (Å²) in [4.78, 5) is 10.5. The summed E-state index contributed by atoms with van der Waals surface area (Å²) in [7, 11) is 0. The van der Waals surface area contributed by atoms with Gasteiger partial charge in [-0.3, -0.25) is 10.1 Å². The van der Waals surface area contributed by atoms with Crippen molar-refractivity contribution in [2.75, 3.05) is 10.6 Å². The molecule has 0 saturated heterocycles. The Morgan fingerprint density at radius 1 is 1.19 bits per heavy atom. The molecule has 2 N–H and O–H groups in total. The highest BCUT2D eigenvalue weighted by Crippen LogP contribution is 2.24. The van der Waals surface area contributed by atoms with E-state index in [-0.39, 0.29) is 10.8 Å². The number of anilines is 2. The zero-order valence-electron chi connectivity index (χ0n) is 11.1. The van der Waals surface area contributed by atoms with E-state index in [0.717, 1.165) is 11.3 Å². The average Bonchev–Trinajstić information content (AvgIpc) is 2.43. The highest BCUT2D eigenvalue weighted by atomic mass is 35.5. The summed E-state index contributed by atoms with van der Waals surface area (Å²) < 4.78 is 0. The molecule has 0 aliphatic heterocycles. The molecule has 7 heteroatoms. The Hall–Kier alpha value is -2.18. The second-order valence-corrected chi connectivity index (χ2v) is 5.16. The van der Waals surface area contributed by atoms with Crippen LogP contribution >= 0.6 is 23.8 Å². The van der Waals surface area contributed by atoms with Gasteiger partial charge < -0.3 is 10.6 Å².